The molecule has 0 N–H and O–H groups in total. The lowest BCUT2D eigenvalue weighted by Gasteiger charge is -2.29. The molecule has 2 fully saturated rings. The maximum Gasteiger partial charge on any atom is 0.274 e. The summed E-state index contributed by atoms with van der Waals surface area (Å²) in [6, 6.07) is 9.62. The second kappa shape index (κ2) is 6.65. The molecule has 148 valence electrons. The molecule has 3 aromatic rings. The van der Waals surface area contributed by atoms with E-state index in [0.717, 1.165) is 5.56 Å². The molecule has 0 spiro atoms. The van der Waals surface area contributed by atoms with Gasteiger partial charge in [0.15, 0.2) is 11.3 Å². The van der Waals surface area contributed by atoms with Gasteiger partial charge in [0.25, 0.3) is 5.91 Å². The van der Waals surface area contributed by atoms with Gasteiger partial charge in [0.1, 0.15) is 5.82 Å². The Balaban J connectivity index is 1.42. The predicted molar refractivity (Wildman–Crippen MR) is 102 cm³/mol. The van der Waals surface area contributed by atoms with Gasteiger partial charge in [-0.1, -0.05) is 12.1 Å². The average molecular weight is 393 g/mol. The van der Waals surface area contributed by atoms with E-state index in [1.807, 2.05) is 6.07 Å². The van der Waals surface area contributed by atoms with Crippen molar-refractivity contribution < 1.29 is 14.0 Å². The van der Waals surface area contributed by atoms with Gasteiger partial charge < -0.3 is 9.80 Å². The van der Waals surface area contributed by atoms with E-state index in [0.29, 0.717) is 31.0 Å². The minimum absolute atomic E-state index is 0.0297. The van der Waals surface area contributed by atoms with Crippen LogP contribution < -0.4 is 0 Å². The SMILES string of the molecule is CC(=O)N1C[C@H]2CN(C(=O)c3cc4ncccn4n3)C[C@H]2[C@@H]1c1cccc(F)c1. The maximum absolute atomic E-state index is 13.8. The quantitative estimate of drug-likeness (QED) is 0.669. The van der Waals surface area contributed by atoms with E-state index in [1.54, 1.807) is 51.8 Å². The summed E-state index contributed by atoms with van der Waals surface area (Å²) in [5, 5.41) is 4.33. The van der Waals surface area contributed by atoms with Gasteiger partial charge in [-0.3, -0.25) is 9.59 Å². The van der Waals surface area contributed by atoms with E-state index >= 15 is 0 Å². The molecule has 5 rings (SSSR count). The van der Waals surface area contributed by atoms with E-state index in [4.69, 9.17) is 0 Å². The molecule has 2 saturated heterocycles. The fraction of sp³-hybridized carbons (Fsp3) is 0.333. The number of likely N-dealkylation sites (tertiary alicyclic amines) is 2. The molecule has 0 radical (unpaired) electrons. The van der Waals surface area contributed by atoms with Crippen molar-refractivity contribution in [2.24, 2.45) is 11.8 Å². The van der Waals surface area contributed by atoms with Crippen LogP contribution in [0.25, 0.3) is 5.65 Å². The van der Waals surface area contributed by atoms with Crippen molar-refractivity contribution in [3.8, 4) is 0 Å². The standard InChI is InChI=1S/C21H20FN5O2/c1-13(28)26-11-15-10-25(12-17(15)20(26)14-4-2-5-16(22)8-14)21(29)18-9-19-23-6-3-7-27(19)24-18/h2-9,15,17,20H,10-12H2,1H3/t15-,17-,20+/m1/s1. The Morgan fingerprint density at radius 2 is 2.00 bits per heavy atom. The molecule has 0 aliphatic carbocycles. The number of hydrogen-bond donors (Lipinski definition) is 0. The number of aromatic nitrogens is 3. The second-order valence-electron chi connectivity index (χ2n) is 7.76. The highest BCUT2D eigenvalue weighted by Gasteiger charge is 2.49. The number of benzene rings is 1. The summed E-state index contributed by atoms with van der Waals surface area (Å²) < 4.78 is 15.4. The Bertz CT molecular complexity index is 1080. The molecule has 0 unspecified atom stereocenters. The first-order chi connectivity index (χ1) is 14.0. The molecule has 2 aromatic heterocycles. The highest BCUT2D eigenvalue weighted by molar-refractivity contribution is 5.93. The van der Waals surface area contributed by atoms with Gasteiger partial charge >= 0.3 is 0 Å². The van der Waals surface area contributed by atoms with Crippen LogP contribution in [-0.4, -0.2) is 55.8 Å². The first kappa shape index (κ1) is 17.8. The van der Waals surface area contributed by atoms with Crippen LogP contribution in [0.4, 0.5) is 4.39 Å². The summed E-state index contributed by atoms with van der Waals surface area (Å²) in [5.74, 6) is -0.265. The summed E-state index contributed by atoms with van der Waals surface area (Å²) in [4.78, 5) is 33.1. The number of fused-ring (bicyclic) bond motifs is 2. The molecule has 0 bridgehead atoms. The van der Waals surface area contributed by atoms with Crippen molar-refractivity contribution >= 4 is 17.5 Å². The van der Waals surface area contributed by atoms with Gasteiger partial charge in [-0.15, -0.1) is 0 Å². The summed E-state index contributed by atoms with van der Waals surface area (Å²) in [6.45, 7) is 3.17. The lowest BCUT2D eigenvalue weighted by Crippen LogP contribution is -2.36. The molecular weight excluding hydrogens is 373 g/mol. The minimum Gasteiger partial charge on any atom is -0.337 e. The molecule has 1 aromatic carbocycles. The number of carbonyl (C=O) groups excluding carboxylic acids is 2. The summed E-state index contributed by atoms with van der Waals surface area (Å²) >= 11 is 0. The van der Waals surface area contributed by atoms with Crippen LogP contribution in [0.3, 0.4) is 0 Å². The molecule has 2 aliphatic rings. The second-order valence-corrected chi connectivity index (χ2v) is 7.76. The molecule has 4 heterocycles. The van der Waals surface area contributed by atoms with Crippen LogP contribution in [-0.2, 0) is 4.79 Å². The Kier molecular flexibility index (Phi) is 4.08. The highest BCUT2D eigenvalue weighted by Crippen LogP contribution is 2.45. The Morgan fingerprint density at radius 3 is 2.76 bits per heavy atom. The van der Waals surface area contributed by atoms with E-state index in [2.05, 4.69) is 10.1 Å². The lowest BCUT2D eigenvalue weighted by molar-refractivity contribution is -0.130. The molecule has 0 saturated carbocycles. The van der Waals surface area contributed by atoms with E-state index in [-0.39, 0.29) is 35.5 Å². The molecule has 2 aliphatic heterocycles. The van der Waals surface area contributed by atoms with E-state index < -0.39 is 0 Å². The van der Waals surface area contributed by atoms with E-state index in [9.17, 15) is 14.0 Å². The topological polar surface area (TPSA) is 70.8 Å². The number of hydrogen-bond acceptors (Lipinski definition) is 4. The summed E-state index contributed by atoms with van der Waals surface area (Å²) in [7, 11) is 0. The highest BCUT2D eigenvalue weighted by atomic mass is 19.1. The van der Waals surface area contributed by atoms with Crippen molar-refractivity contribution in [1.29, 1.82) is 0 Å². The average Bonchev–Trinajstić information content (AvgIpc) is 3.39. The van der Waals surface area contributed by atoms with Crippen LogP contribution in [0.5, 0.6) is 0 Å². The van der Waals surface area contributed by atoms with Crippen molar-refractivity contribution in [3.63, 3.8) is 0 Å². The fourth-order valence-corrected chi connectivity index (χ4v) is 4.75. The fourth-order valence-electron chi connectivity index (χ4n) is 4.75. The number of carbonyl (C=O) groups is 2. The molecule has 7 nitrogen and oxygen atoms in total. The third-order valence-corrected chi connectivity index (χ3v) is 6.00. The molecule has 29 heavy (non-hydrogen) atoms. The number of halogens is 1. The molecule has 2 amide bonds. The van der Waals surface area contributed by atoms with Gasteiger partial charge in [-0.25, -0.2) is 13.9 Å². The first-order valence-electron chi connectivity index (χ1n) is 9.63. The Morgan fingerprint density at radius 1 is 1.14 bits per heavy atom. The van der Waals surface area contributed by atoms with Crippen LogP contribution >= 0.6 is 0 Å². The van der Waals surface area contributed by atoms with Crippen LogP contribution in [0.15, 0.2) is 48.8 Å². The van der Waals surface area contributed by atoms with Gasteiger partial charge in [0.05, 0.1) is 6.04 Å². The zero-order valence-electron chi connectivity index (χ0n) is 15.9. The summed E-state index contributed by atoms with van der Waals surface area (Å²) in [6.07, 6.45) is 3.41. The van der Waals surface area contributed by atoms with Crippen LogP contribution in [0.2, 0.25) is 0 Å². The third kappa shape index (κ3) is 2.95. The third-order valence-electron chi connectivity index (χ3n) is 6.00. The van der Waals surface area contributed by atoms with Gasteiger partial charge in [-0.05, 0) is 23.8 Å². The van der Waals surface area contributed by atoms with Gasteiger partial charge in [0.2, 0.25) is 5.91 Å². The smallest absolute Gasteiger partial charge is 0.274 e. The first-order valence-corrected chi connectivity index (χ1v) is 9.63. The number of rotatable bonds is 2. The zero-order chi connectivity index (χ0) is 20.1. The minimum atomic E-state index is -0.322. The molecule has 3 atom stereocenters. The van der Waals surface area contributed by atoms with Crippen molar-refractivity contribution in [2.75, 3.05) is 19.6 Å². The largest absolute Gasteiger partial charge is 0.337 e. The molecular formula is C21H20FN5O2. The predicted octanol–water partition coefficient (Wildman–Crippen LogP) is 2.16. The van der Waals surface area contributed by atoms with Gasteiger partial charge in [-0.2, -0.15) is 5.10 Å². The maximum atomic E-state index is 13.8. The Hall–Kier alpha value is -3.29. The molecule has 8 heteroatoms. The van der Waals surface area contributed by atoms with Gasteiger partial charge in [0, 0.05) is 56.9 Å². The van der Waals surface area contributed by atoms with Crippen LogP contribution in [0.1, 0.15) is 29.0 Å². The van der Waals surface area contributed by atoms with Crippen molar-refractivity contribution in [1.82, 2.24) is 24.4 Å². The normalized spacial score (nSPS) is 23.6. The Labute approximate surface area is 166 Å². The van der Waals surface area contributed by atoms with E-state index in [1.165, 1.54) is 12.1 Å². The zero-order valence-corrected chi connectivity index (χ0v) is 15.9. The summed E-state index contributed by atoms with van der Waals surface area (Å²) in [5.41, 5.74) is 1.75. The number of amides is 2. The van der Waals surface area contributed by atoms with Crippen LogP contribution in [0, 0.1) is 17.7 Å². The van der Waals surface area contributed by atoms with Crippen molar-refractivity contribution in [2.45, 2.75) is 13.0 Å². The van der Waals surface area contributed by atoms with Crippen molar-refractivity contribution in [3.05, 3.63) is 65.9 Å². The monoisotopic (exact) mass is 393 g/mol. The number of nitrogens with zero attached hydrogens (tertiary/aromatic N) is 5. The lowest BCUT2D eigenvalue weighted by atomic mass is 9.89.